The number of amides is 1. The van der Waals surface area contributed by atoms with Gasteiger partial charge >= 0.3 is 5.69 Å². The third-order valence-electron chi connectivity index (χ3n) is 5.36. The first-order valence-electron chi connectivity index (χ1n) is 10.5. The van der Waals surface area contributed by atoms with Gasteiger partial charge < -0.3 is 14.6 Å². The summed E-state index contributed by atoms with van der Waals surface area (Å²) in [4.78, 5) is 41.9. The van der Waals surface area contributed by atoms with Crippen LogP contribution < -0.4 is 16.6 Å². The highest BCUT2D eigenvalue weighted by Gasteiger charge is 2.16. The minimum absolute atomic E-state index is 0.271. The monoisotopic (exact) mass is 447 g/mol. The Morgan fingerprint density at radius 3 is 2.45 bits per heavy atom. The van der Waals surface area contributed by atoms with E-state index in [0.717, 1.165) is 21.3 Å². The topological polar surface area (TPSA) is 100 Å². The van der Waals surface area contributed by atoms with Crippen LogP contribution in [-0.4, -0.2) is 24.6 Å². The first-order valence-corrected chi connectivity index (χ1v) is 10.5. The first-order chi connectivity index (χ1) is 15.9. The van der Waals surface area contributed by atoms with Crippen molar-refractivity contribution < 1.29 is 9.53 Å². The number of imidazole rings is 1. The van der Waals surface area contributed by atoms with Crippen LogP contribution in [0.15, 0.2) is 70.5 Å². The van der Waals surface area contributed by atoms with Gasteiger partial charge in [0.25, 0.3) is 5.56 Å². The summed E-state index contributed by atoms with van der Waals surface area (Å²) in [6, 6.07) is 17.6. The van der Waals surface area contributed by atoms with Crippen molar-refractivity contribution >= 4 is 17.1 Å². The predicted octanol–water partition coefficient (Wildman–Crippen LogP) is 1.47. The lowest BCUT2D eigenvalue weighted by Gasteiger charge is -2.10. The molecule has 4 rings (SSSR count). The molecule has 9 heteroatoms. The van der Waals surface area contributed by atoms with Crippen LogP contribution in [-0.2, 0) is 49.9 Å². The Morgan fingerprint density at radius 1 is 0.970 bits per heavy atom. The summed E-state index contributed by atoms with van der Waals surface area (Å²) in [7, 11) is 3.19. The minimum atomic E-state index is -0.584. The van der Waals surface area contributed by atoms with E-state index < -0.39 is 17.2 Å². The molecule has 2 aromatic heterocycles. The second-order valence-corrected chi connectivity index (χ2v) is 7.84. The van der Waals surface area contributed by atoms with Gasteiger partial charge in [0, 0.05) is 20.6 Å². The maximum Gasteiger partial charge on any atom is 0.332 e. The maximum atomic E-state index is 12.7. The number of benzene rings is 2. The van der Waals surface area contributed by atoms with E-state index in [1.165, 1.54) is 22.5 Å². The first kappa shape index (κ1) is 22.2. The van der Waals surface area contributed by atoms with Gasteiger partial charge in [0.05, 0.1) is 19.5 Å². The van der Waals surface area contributed by atoms with Crippen LogP contribution in [0.3, 0.4) is 0 Å². The van der Waals surface area contributed by atoms with Crippen LogP contribution in [0.5, 0.6) is 0 Å². The number of carbonyl (C=O) groups excluding carboxylic acids is 1. The van der Waals surface area contributed by atoms with Gasteiger partial charge in [-0.2, -0.15) is 0 Å². The van der Waals surface area contributed by atoms with E-state index >= 15 is 0 Å². The molecular formula is C24H25N5O4. The van der Waals surface area contributed by atoms with E-state index in [-0.39, 0.29) is 24.3 Å². The molecule has 170 valence electrons. The van der Waals surface area contributed by atoms with Crippen LogP contribution in [0.4, 0.5) is 0 Å². The number of aromatic nitrogens is 4. The average molecular weight is 447 g/mol. The van der Waals surface area contributed by atoms with Crippen molar-refractivity contribution in [1.29, 1.82) is 0 Å². The van der Waals surface area contributed by atoms with E-state index in [4.69, 9.17) is 4.74 Å². The SMILES string of the molecule is Cn1cnc2c1c(=O)n(CC(=O)NCc1cccc(COCc3ccccc3)c1)c(=O)n2C. The van der Waals surface area contributed by atoms with Crippen molar-refractivity contribution in [3.63, 3.8) is 0 Å². The molecule has 2 heterocycles. The largest absolute Gasteiger partial charge is 0.372 e. The van der Waals surface area contributed by atoms with Gasteiger partial charge in [-0.1, -0.05) is 54.6 Å². The van der Waals surface area contributed by atoms with Crippen LogP contribution in [0.25, 0.3) is 11.2 Å². The molecule has 0 saturated carbocycles. The van der Waals surface area contributed by atoms with Gasteiger partial charge in [-0.3, -0.25) is 14.2 Å². The molecule has 1 N–H and O–H groups in total. The zero-order valence-electron chi connectivity index (χ0n) is 18.5. The van der Waals surface area contributed by atoms with Crippen LogP contribution >= 0.6 is 0 Å². The molecule has 0 unspecified atom stereocenters. The maximum absolute atomic E-state index is 12.7. The summed E-state index contributed by atoms with van der Waals surface area (Å²) in [5, 5.41) is 2.78. The van der Waals surface area contributed by atoms with Gasteiger partial charge in [-0.25, -0.2) is 14.3 Å². The molecule has 0 atom stereocenters. The van der Waals surface area contributed by atoms with E-state index in [0.29, 0.717) is 13.2 Å². The summed E-state index contributed by atoms with van der Waals surface area (Å²) in [5.74, 6) is -0.429. The molecule has 0 aliphatic carbocycles. The normalized spacial score (nSPS) is 11.1. The molecule has 0 bridgehead atoms. The molecule has 0 aliphatic heterocycles. The number of aryl methyl sites for hydroxylation is 2. The Morgan fingerprint density at radius 2 is 1.67 bits per heavy atom. The number of rotatable bonds is 8. The lowest BCUT2D eigenvalue weighted by molar-refractivity contribution is -0.121. The highest BCUT2D eigenvalue weighted by molar-refractivity contribution is 5.76. The molecule has 0 aliphatic rings. The van der Waals surface area contributed by atoms with E-state index in [2.05, 4.69) is 10.3 Å². The number of nitrogens with zero attached hydrogens (tertiary/aromatic N) is 4. The fourth-order valence-corrected chi connectivity index (χ4v) is 3.63. The van der Waals surface area contributed by atoms with Crippen molar-refractivity contribution in [2.75, 3.05) is 0 Å². The van der Waals surface area contributed by atoms with Crippen LogP contribution in [0.1, 0.15) is 16.7 Å². The molecule has 0 radical (unpaired) electrons. The number of hydrogen-bond acceptors (Lipinski definition) is 5. The predicted molar refractivity (Wildman–Crippen MR) is 123 cm³/mol. The smallest absolute Gasteiger partial charge is 0.332 e. The highest BCUT2D eigenvalue weighted by Crippen LogP contribution is 2.09. The Labute approximate surface area is 189 Å². The summed E-state index contributed by atoms with van der Waals surface area (Å²) >= 11 is 0. The Bertz CT molecular complexity index is 1400. The highest BCUT2D eigenvalue weighted by atomic mass is 16.5. The molecule has 0 fully saturated rings. The van der Waals surface area contributed by atoms with E-state index in [1.54, 1.807) is 7.05 Å². The Balaban J connectivity index is 1.38. The Kier molecular flexibility index (Phi) is 6.50. The molecule has 33 heavy (non-hydrogen) atoms. The fraction of sp³-hybridized carbons (Fsp3) is 0.250. The number of carbonyl (C=O) groups is 1. The minimum Gasteiger partial charge on any atom is -0.372 e. The van der Waals surface area contributed by atoms with Crippen molar-refractivity contribution in [2.24, 2.45) is 14.1 Å². The molecule has 2 aromatic carbocycles. The third kappa shape index (κ3) is 4.93. The number of hydrogen-bond donors (Lipinski definition) is 1. The zero-order chi connectivity index (χ0) is 23.4. The van der Waals surface area contributed by atoms with Crippen LogP contribution in [0.2, 0.25) is 0 Å². The second-order valence-electron chi connectivity index (χ2n) is 7.84. The fourth-order valence-electron chi connectivity index (χ4n) is 3.63. The number of ether oxygens (including phenoxy) is 1. The lowest BCUT2D eigenvalue weighted by Crippen LogP contribution is -2.43. The van der Waals surface area contributed by atoms with Gasteiger partial charge in [-0.05, 0) is 16.7 Å². The van der Waals surface area contributed by atoms with Gasteiger partial charge in [-0.15, -0.1) is 0 Å². The van der Waals surface area contributed by atoms with Gasteiger partial charge in [0.15, 0.2) is 11.2 Å². The molecule has 0 spiro atoms. The molecule has 0 saturated heterocycles. The lowest BCUT2D eigenvalue weighted by atomic mass is 10.1. The second kappa shape index (κ2) is 9.66. The number of fused-ring (bicyclic) bond motifs is 1. The van der Waals surface area contributed by atoms with Gasteiger partial charge in [0.1, 0.15) is 6.54 Å². The van der Waals surface area contributed by atoms with E-state index in [9.17, 15) is 14.4 Å². The quantitative estimate of drug-likeness (QED) is 0.441. The Hall–Kier alpha value is -3.98. The summed E-state index contributed by atoms with van der Waals surface area (Å²) in [6.07, 6.45) is 1.46. The van der Waals surface area contributed by atoms with Crippen molar-refractivity contribution in [1.82, 2.24) is 24.0 Å². The average Bonchev–Trinajstić information content (AvgIpc) is 3.22. The number of nitrogens with one attached hydrogen (secondary N) is 1. The van der Waals surface area contributed by atoms with Crippen molar-refractivity contribution in [3.8, 4) is 0 Å². The zero-order valence-corrected chi connectivity index (χ0v) is 18.5. The van der Waals surface area contributed by atoms with Crippen molar-refractivity contribution in [2.45, 2.75) is 26.3 Å². The summed E-state index contributed by atoms with van der Waals surface area (Å²) < 4.78 is 9.50. The summed E-state index contributed by atoms with van der Waals surface area (Å²) in [6.45, 7) is 0.875. The van der Waals surface area contributed by atoms with Gasteiger partial charge in [0.2, 0.25) is 5.91 Å². The molecular weight excluding hydrogens is 422 g/mol. The van der Waals surface area contributed by atoms with E-state index in [1.807, 2.05) is 54.6 Å². The summed E-state index contributed by atoms with van der Waals surface area (Å²) in [5.41, 5.74) is 2.42. The van der Waals surface area contributed by atoms with Crippen molar-refractivity contribution in [3.05, 3.63) is 98.5 Å². The molecule has 1 amide bonds. The van der Waals surface area contributed by atoms with Crippen LogP contribution in [0, 0.1) is 0 Å². The molecule has 4 aromatic rings. The third-order valence-corrected chi connectivity index (χ3v) is 5.36. The standard InChI is InChI=1S/C24H25N5O4/c1-27-16-26-22-21(27)23(31)29(24(32)28(22)2)13-20(30)25-12-18-9-6-10-19(11-18)15-33-14-17-7-4-3-5-8-17/h3-11,16H,12-15H2,1-2H3,(H,25,30). The molecule has 9 nitrogen and oxygen atoms in total.